The molecule has 0 saturated carbocycles. The molecule has 2 atom stereocenters. The zero-order chi connectivity index (χ0) is 14.3. The van der Waals surface area contributed by atoms with Crippen molar-refractivity contribution >= 4 is 0 Å². The van der Waals surface area contributed by atoms with Crippen LogP contribution in [0.25, 0.3) is 0 Å². The van der Waals surface area contributed by atoms with Crippen LogP contribution in [-0.4, -0.2) is 31.1 Å². The van der Waals surface area contributed by atoms with Gasteiger partial charge in [0.2, 0.25) is 0 Å². The molecule has 108 valence electrons. The Morgan fingerprint density at radius 2 is 1.95 bits per heavy atom. The number of rotatable bonds is 8. The normalized spacial score (nSPS) is 14.6. The molecule has 2 unspecified atom stereocenters. The zero-order valence-electron chi connectivity index (χ0n) is 12.6. The first-order chi connectivity index (χ1) is 9.07. The van der Waals surface area contributed by atoms with Crippen LogP contribution >= 0.6 is 0 Å². The van der Waals surface area contributed by atoms with E-state index in [0.717, 1.165) is 18.7 Å². The molecular formula is C16H27FN2. The molecule has 0 aliphatic carbocycles. The SMILES string of the molecule is CCCCNCC(C)N(C)C(C)c1ccccc1F. The van der Waals surface area contributed by atoms with Crippen molar-refractivity contribution in [2.24, 2.45) is 0 Å². The number of hydrogen-bond donors (Lipinski definition) is 1. The molecule has 19 heavy (non-hydrogen) atoms. The Bertz CT molecular complexity index is 368. The fourth-order valence-corrected chi connectivity index (χ4v) is 2.17. The van der Waals surface area contributed by atoms with Gasteiger partial charge in [-0.05, 0) is 39.9 Å². The smallest absolute Gasteiger partial charge is 0.127 e. The summed E-state index contributed by atoms with van der Waals surface area (Å²) in [7, 11) is 2.06. The van der Waals surface area contributed by atoms with Crippen molar-refractivity contribution in [3.8, 4) is 0 Å². The Kier molecular flexibility index (Phi) is 7.03. The molecule has 1 aromatic rings. The van der Waals surface area contributed by atoms with Crippen molar-refractivity contribution in [3.63, 3.8) is 0 Å². The largest absolute Gasteiger partial charge is 0.315 e. The van der Waals surface area contributed by atoms with Crippen molar-refractivity contribution in [2.75, 3.05) is 20.1 Å². The lowest BCUT2D eigenvalue weighted by Gasteiger charge is -2.31. The molecule has 1 N–H and O–H groups in total. The Hall–Kier alpha value is -0.930. The first kappa shape index (κ1) is 16.1. The first-order valence-electron chi connectivity index (χ1n) is 7.25. The van der Waals surface area contributed by atoms with Gasteiger partial charge in [-0.25, -0.2) is 4.39 Å². The second-order valence-electron chi connectivity index (χ2n) is 5.27. The fraction of sp³-hybridized carbons (Fsp3) is 0.625. The van der Waals surface area contributed by atoms with Crippen LogP contribution in [0.5, 0.6) is 0 Å². The van der Waals surface area contributed by atoms with E-state index in [1.54, 1.807) is 6.07 Å². The lowest BCUT2D eigenvalue weighted by atomic mass is 10.1. The molecular weight excluding hydrogens is 239 g/mol. The number of likely N-dealkylation sites (N-methyl/N-ethyl adjacent to an activating group) is 1. The summed E-state index contributed by atoms with van der Waals surface area (Å²) in [5.41, 5.74) is 0.769. The number of halogens is 1. The van der Waals surface area contributed by atoms with E-state index in [2.05, 4.69) is 38.0 Å². The maximum atomic E-state index is 13.8. The summed E-state index contributed by atoms with van der Waals surface area (Å²) in [6.45, 7) is 8.42. The molecule has 0 fully saturated rings. The standard InChI is InChI=1S/C16H27FN2/c1-5-6-11-18-12-13(2)19(4)14(3)15-9-7-8-10-16(15)17/h7-10,13-14,18H,5-6,11-12H2,1-4H3. The lowest BCUT2D eigenvalue weighted by Crippen LogP contribution is -2.39. The third-order valence-electron chi connectivity index (χ3n) is 3.81. The maximum Gasteiger partial charge on any atom is 0.127 e. The van der Waals surface area contributed by atoms with Gasteiger partial charge in [0, 0.05) is 24.2 Å². The van der Waals surface area contributed by atoms with E-state index in [9.17, 15) is 4.39 Å². The summed E-state index contributed by atoms with van der Waals surface area (Å²) < 4.78 is 13.8. The van der Waals surface area contributed by atoms with Gasteiger partial charge >= 0.3 is 0 Å². The van der Waals surface area contributed by atoms with Crippen LogP contribution < -0.4 is 5.32 Å². The van der Waals surface area contributed by atoms with Gasteiger partial charge in [-0.3, -0.25) is 4.90 Å². The van der Waals surface area contributed by atoms with Gasteiger partial charge < -0.3 is 5.32 Å². The van der Waals surface area contributed by atoms with E-state index in [1.165, 1.54) is 18.9 Å². The van der Waals surface area contributed by atoms with Crippen LogP contribution in [0, 0.1) is 5.82 Å². The Labute approximate surface area is 117 Å². The second kappa shape index (κ2) is 8.28. The van der Waals surface area contributed by atoms with Gasteiger partial charge in [0.15, 0.2) is 0 Å². The summed E-state index contributed by atoms with van der Waals surface area (Å²) in [5.74, 6) is -0.118. The quantitative estimate of drug-likeness (QED) is 0.723. The molecule has 3 heteroatoms. The highest BCUT2D eigenvalue weighted by Crippen LogP contribution is 2.22. The van der Waals surface area contributed by atoms with E-state index in [4.69, 9.17) is 0 Å². The molecule has 0 amide bonds. The maximum absolute atomic E-state index is 13.8. The predicted octanol–water partition coefficient (Wildman–Crippen LogP) is 3.60. The highest BCUT2D eigenvalue weighted by atomic mass is 19.1. The molecule has 0 radical (unpaired) electrons. The van der Waals surface area contributed by atoms with Crippen molar-refractivity contribution < 1.29 is 4.39 Å². The van der Waals surface area contributed by atoms with Crippen molar-refractivity contribution in [1.82, 2.24) is 10.2 Å². The molecule has 1 aromatic carbocycles. The van der Waals surface area contributed by atoms with E-state index in [1.807, 2.05) is 12.1 Å². The van der Waals surface area contributed by atoms with Crippen molar-refractivity contribution in [2.45, 2.75) is 45.7 Å². The average Bonchev–Trinajstić information content (AvgIpc) is 2.42. The molecule has 0 saturated heterocycles. The lowest BCUT2D eigenvalue weighted by molar-refractivity contribution is 0.190. The van der Waals surface area contributed by atoms with Gasteiger partial charge in [0.05, 0.1) is 0 Å². The highest BCUT2D eigenvalue weighted by Gasteiger charge is 2.19. The summed E-state index contributed by atoms with van der Waals surface area (Å²) in [6, 6.07) is 7.50. The summed E-state index contributed by atoms with van der Waals surface area (Å²) >= 11 is 0. The molecule has 0 aliphatic heterocycles. The molecule has 2 nitrogen and oxygen atoms in total. The minimum absolute atomic E-state index is 0.0872. The van der Waals surface area contributed by atoms with E-state index in [-0.39, 0.29) is 11.9 Å². The molecule has 0 bridgehead atoms. The fourth-order valence-electron chi connectivity index (χ4n) is 2.17. The predicted molar refractivity (Wildman–Crippen MR) is 79.8 cm³/mol. The molecule has 1 rings (SSSR count). The number of benzene rings is 1. The first-order valence-corrected chi connectivity index (χ1v) is 7.25. The number of unbranched alkanes of at least 4 members (excludes halogenated alkanes) is 1. The summed E-state index contributed by atoms with van der Waals surface area (Å²) in [5, 5.41) is 3.45. The summed E-state index contributed by atoms with van der Waals surface area (Å²) in [4.78, 5) is 2.22. The van der Waals surface area contributed by atoms with Crippen LogP contribution in [0.4, 0.5) is 4.39 Å². The van der Waals surface area contributed by atoms with E-state index in [0.29, 0.717) is 6.04 Å². The Balaban J connectivity index is 2.52. The van der Waals surface area contributed by atoms with Crippen LogP contribution in [0.1, 0.15) is 45.2 Å². The van der Waals surface area contributed by atoms with Crippen LogP contribution in [0.15, 0.2) is 24.3 Å². The average molecular weight is 266 g/mol. The monoisotopic (exact) mass is 266 g/mol. The minimum atomic E-state index is -0.118. The molecule has 0 heterocycles. The minimum Gasteiger partial charge on any atom is -0.315 e. The summed E-state index contributed by atoms with van der Waals surface area (Å²) in [6.07, 6.45) is 2.42. The zero-order valence-corrected chi connectivity index (χ0v) is 12.6. The Morgan fingerprint density at radius 3 is 2.58 bits per heavy atom. The highest BCUT2D eigenvalue weighted by molar-refractivity contribution is 5.20. The van der Waals surface area contributed by atoms with Crippen molar-refractivity contribution in [1.29, 1.82) is 0 Å². The number of nitrogens with zero attached hydrogens (tertiary/aromatic N) is 1. The van der Waals surface area contributed by atoms with E-state index < -0.39 is 0 Å². The van der Waals surface area contributed by atoms with Gasteiger partial charge in [-0.2, -0.15) is 0 Å². The third-order valence-corrected chi connectivity index (χ3v) is 3.81. The number of nitrogens with one attached hydrogen (secondary N) is 1. The molecule has 0 spiro atoms. The third kappa shape index (κ3) is 4.92. The second-order valence-corrected chi connectivity index (χ2v) is 5.27. The van der Waals surface area contributed by atoms with Gasteiger partial charge in [-0.1, -0.05) is 31.5 Å². The van der Waals surface area contributed by atoms with E-state index >= 15 is 0 Å². The Morgan fingerprint density at radius 1 is 1.26 bits per heavy atom. The van der Waals surface area contributed by atoms with Crippen LogP contribution in [-0.2, 0) is 0 Å². The van der Waals surface area contributed by atoms with Crippen molar-refractivity contribution in [3.05, 3.63) is 35.6 Å². The van der Waals surface area contributed by atoms with Gasteiger partial charge in [0.25, 0.3) is 0 Å². The number of hydrogen-bond acceptors (Lipinski definition) is 2. The van der Waals surface area contributed by atoms with Gasteiger partial charge in [0.1, 0.15) is 5.82 Å². The molecule has 0 aromatic heterocycles. The topological polar surface area (TPSA) is 15.3 Å². The van der Waals surface area contributed by atoms with Crippen LogP contribution in [0.3, 0.4) is 0 Å². The van der Waals surface area contributed by atoms with Crippen LogP contribution in [0.2, 0.25) is 0 Å². The molecule has 0 aliphatic rings. The van der Waals surface area contributed by atoms with Gasteiger partial charge in [-0.15, -0.1) is 0 Å².